The van der Waals surface area contributed by atoms with Crippen LogP contribution in [0.4, 0.5) is 27.5 Å². The van der Waals surface area contributed by atoms with E-state index in [0.717, 1.165) is 31.1 Å². The molecule has 0 unspecified atom stereocenters. The third-order valence-electron chi connectivity index (χ3n) is 5.36. The van der Waals surface area contributed by atoms with Gasteiger partial charge in [0, 0.05) is 24.5 Å². The Hall–Kier alpha value is -3.59. The van der Waals surface area contributed by atoms with Crippen LogP contribution in [0.15, 0.2) is 48.7 Å². The van der Waals surface area contributed by atoms with E-state index >= 15 is 0 Å². The lowest BCUT2D eigenvalue weighted by Gasteiger charge is -2.15. The minimum atomic E-state index is -0.457. The third-order valence-corrected chi connectivity index (χ3v) is 5.36. The van der Waals surface area contributed by atoms with Gasteiger partial charge in [-0.15, -0.1) is 0 Å². The van der Waals surface area contributed by atoms with Gasteiger partial charge in [0.05, 0.1) is 0 Å². The van der Waals surface area contributed by atoms with E-state index in [9.17, 15) is 4.39 Å². The van der Waals surface area contributed by atoms with Crippen molar-refractivity contribution in [2.45, 2.75) is 12.8 Å². The number of rotatable bonds is 8. The summed E-state index contributed by atoms with van der Waals surface area (Å²) in [7, 11) is 0. The van der Waals surface area contributed by atoms with E-state index in [1.165, 1.54) is 25.0 Å². The zero-order valence-corrected chi connectivity index (χ0v) is 17.5. The van der Waals surface area contributed by atoms with Crippen LogP contribution >= 0.6 is 0 Å². The van der Waals surface area contributed by atoms with Crippen molar-refractivity contribution >= 4 is 23.1 Å². The molecule has 9 heteroatoms. The van der Waals surface area contributed by atoms with Crippen molar-refractivity contribution in [3.8, 4) is 17.2 Å². The molecule has 3 aromatic rings. The topological polar surface area (TPSA) is 80.8 Å². The monoisotopic (exact) mass is 437 g/mol. The average Bonchev–Trinajstić information content (AvgIpc) is 3.49. The maximum absolute atomic E-state index is 14.3. The van der Waals surface area contributed by atoms with Crippen LogP contribution in [0.1, 0.15) is 12.8 Å². The Bertz CT molecular complexity index is 1090. The minimum Gasteiger partial charge on any atom is -0.492 e. The number of likely N-dealkylation sites (tertiary alicyclic amines) is 1. The Morgan fingerprint density at radius 3 is 2.88 bits per heavy atom. The second-order valence-corrected chi connectivity index (χ2v) is 7.60. The smallest absolute Gasteiger partial charge is 0.231 e. The highest BCUT2D eigenvalue weighted by molar-refractivity contribution is 5.70. The zero-order chi connectivity index (χ0) is 21.8. The molecule has 1 fully saturated rings. The number of nitrogens with one attached hydrogen (secondary N) is 2. The van der Waals surface area contributed by atoms with Crippen molar-refractivity contribution in [1.29, 1.82) is 0 Å². The molecule has 0 radical (unpaired) electrons. The standard InChI is InChI=1S/C23H24FN5O3/c24-18-6-7-19-22(32-15-31-19)21(18)27-20-8-9-25-23(28-20)26-16-4-3-5-17(14-16)30-13-12-29-10-1-2-11-29/h3-9,14H,1-2,10-13,15H2,(H2,25,26,27,28). The van der Waals surface area contributed by atoms with Gasteiger partial charge in [-0.05, 0) is 56.3 Å². The normalized spacial score (nSPS) is 15.0. The molecule has 32 heavy (non-hydrogen) atoms. The molecule has 8 nitrogen and oxygen atoms in total. The predicted octanol–water partition coefficient (Wildman–Crippen LogP) is 4.31. The lowest BCUT2D eigenvalue weighted by molar-refractivity contribution is 0.174. The lowest BCUT2D eigenvalue weighted by atomic mass is 10.2. The molecular formula is C23H24FN5O3. The number of hydrogen-bond acceptors (Lipinski definition) is 8. The van der Waals surface area contributed by atoms with E-state index in [1.54, 1.807) is 12.3 Å². The van der Waals surface area contributed by atoms with Crippen LogP contribution in [-0.4, -0.2) is 47.9 Å². The van der Waals surface area contributed by atoms with Gasteiger partial charge in [0.1, 0.15) is 23.9 Å². The molecule has 2 aliphatic heterocycles. The first-order valence-electron chi connectivity index (χ1n) is 10.6. The largest absolute Gasteiger partial charge is 0.492 e. The number of fused-ring (bicyclic) bond motifs is 1. The summed E-state index contributed by atoms with van der Waals surface area (Å²) >= 11 is 0. The number of anilines is 4. The number of hydrogen-bond donors (Lipinski definition) is 2. The molecule has 0 atom stereocenters. The van der Waals surface area contributed by atoms with Crippen molar-refractivity contribution in [2.75, 3.05) is 43.7 Å². The molecule has 0 saturated carbocycles. The van der Waals surface area contributed by atoms with Crippen molar-refractivity contribution in [3.63, 3.8) is 0 Å². The van der Waals surface area contributed by atoms with Crippen LogP contribution in [0.25, 0.3) is 0 Å². The number of benzene rings is 2. The van der Waals surface area contributed by atoms with Crippen LogP contribution in [-0.2, 0) is 0 Å². The van der Waals surface area contributed by atoms with E-state index in [1.807, 2.05) is 24.3 Å². The summed E-state index contributed by atoms with van der Waals surface area (Å²) < 4.78 is 31.0. The quantitative estimate of drug-likeness (QED) is 0.540. The third kappa shape index (κ3) is 4.67. The van der Waals surface area contributed by atoms with Gasteiger partial charge in [-0.25, -0.2) is 9.37 Å². The van der Waals surface area contributed by atoms with E-state index in [2.05, 4.69) is 25.5 Å². The molecule has 2 aromatic carbocycles. The van der Waals surface area contributed by atoms with E-state index in [-0.39, 0.29) is 12.5 Å². The number of ether oxygens (including phenoxy) is 3. The fraction of sp³-hybridized carbons (Fsp3) is 0.304. The Labute approximate surface area is 185 Å². The summed E-state index contributed by atoms with van der Waals surface area (Å²) in [4.78, 5) is 11.1. The first-order chi connectivity index (χ1) is 15.7. The summed E-state index contributed by atoms with van der Waals surface area (Å²) in [6.07, 6.45) is 4.13. The fourth-order valence-electron chi connectivity index (χ4n) is 3.77. The molecule has 166 valence electrons. The average molecular weight is 437 g/mol. The molecule has 0 aliphatic carbocycles. The van der Waals surface area contributed by atoms with Gasteiger partial charge < -0.3 is 24.8 Å². The molecule has 0 bridgehead atoms. The van der Waals surface area contributed by atoms with E-state index in [4.69, 9.17) is 14.2 Å². The van der Waals surface area contributed by atoms with Crippen molar-refractivity contribution in [3.05, 3.63) is 54.5 Å². The summed E-state index contributed by atoms with van der Waals surface area (Å²) in [6, 6.07) is 12.2. The van der Waals surface area contributed by atoms with Crippen molar-refractivity contribution < 1.29 is 18.6 Å². The Balaban J connectivity index is 1.24. The molecule has 5 rings (SSSR count). The summed E-state index contributed by atoms with van der Waals surface area (Å²) in [5, 5.41) is 6.13. The fourth-order valence-corrected chi connectivity index (χ4v) is 3.77. The first-order valence-corrected chi connectivity index (χ1v) is 10.6. The van der Waals surface area contributed by atoms with Crippen LogP contribution in [0, 0.1) is 5.82 Å². The van der Waals surface area contributed by atoms with Crippen LogP contribution in [0.5, 0.6) is 17.2 Å². The van der Waals surface area contributed by atoms with E-state index < -0.39 is 5.82 Å². The first kappa shape index (κ1) is 20.3. The Kier molecular flexibility index (Phi) is 5.89. The molecule has 3 heterocycles. The van der Waals surface area contributed by atoms with Crippen LogP contribution in [0.3, 0.4) is 0 Å². The summed E-state index contributed by atoms with van der Waals surface area (Å²) in [6.45, 7) is 3.95. The summed E-state index contributed by atoms with van der Waals surface area (Å²) in [5.41, 5.74) is 0.974. The number of nitrogens with zero attached hydrogens (tertiary/aromatic N) is 3. The maximum Gasteiger partial charge on any atom is 0.231 e. The minimum absolute atomic E-state index is 0.0560. The van der Waals surface area contributed by atoms with Gasteiger partial charge in [-0.2, -0.15) is 4.98 Å². The number of halogens is 1. The highest BCUT2D eigenvalue weighted by Crippen LogP contribution is 2.41. The van der Waals surface area contributed by atoms with Gasteiger partial charge in [0.2, 0.25) is 12.7 Å². The van der Waals surface area contributed by atoms with Gasteiger partial charge in [-0.3, -0.25) is 4.90 Å². The highest BCUT2D eigenvalue weighted by atomic mass is 19.1. The van der Waals surface area contributed by atoms with Gasteiger partial charge >= 0.3 is 0 Å². The molecular weight excluding hydrogens is 413 g/mol. The van der Waals surface area contributed by atoms with Gasteiger partial charge in [0.15, 0.2) is 17.3 Å². The van der Waals surface area contributed by atoms with Gasteiger partial charge in [-0.1, -0.05) is 6.07 Å². The summed E-state index contributed by atoms with van der Waals surface area (Å²) in [5.74, 6) is 1.93. The Morgan fingerprint density at radius 2 is 1.97 bits per heavy atom. The highest BCUT2D eigenvalue weighted by Gasteiger charge is 2.21. The molecule has 1 aromatic heterocycles. The molecule has 0 spiro atoms. The van der Waals surface area contributed by atoms with Crippen LogP contribution < -0.4 is 24.8 Å². The molecule has 1 saturated heterocycles. The predicted molar refractivity (Wildman–Crippen MR) is 119 cm³/mol. The van der Waals surface area contributed by atoms with Crippen molar-refractivity contribution in [2.24, 2.45) is 0 Å². The molecule has 2 aliphatic rings. The SMILES string of the molecule is Fc1ccc2c(c1Nc1ccnc(Nc3cccc(OCCN4CCCC4)c3)n1)OCO2. The van der Waals surface area contributed by atoms with Crippen molar-refractivity contribution in [1.82, 2.24) is 14.9 Å². The van der Waals surface area contributed by atoms with Gasteiger partial charge in [0.25, 0.3) is 0 Å². The molecule has 2 N–H and O–H groups in total. The van der Waals surface area contributed by atoms with Crippen LogP contribution in [0.2, 0.25) is 0 Å². The van der Waals surface area contributed by atoms with E-state index in [0.29, 0.717) is 29.9 Å². The number of aromatic nitrogens is 2. The maximum atomic E-state index is 14.3. The zero-order valence-electron chi connectivity index (χ0n) is 17.5. The Morgan fingerprint density at radius 1 is 1.06 bits per heavy atom. The second-order valence-electron chi connectivity index (χ2n) is 7.60. The molecule has 0 amide bonds. The lowest BCUT2D eigenvalue weighted by Crippen LogP contribution is -2.25. The second kappa shape index (κ2) is 9.27.